The molecule has 0 saturated heterocycles. The first kappa shape index (κ1) is 40.7. The van der Waals surface area contributed by atoms with Gasteiger partial charge in [-0.25, -0.2) is 14.3 Å². The zero-order valence-electron chi connectivity index (χ0n) is 30.2. The molecule has 6 rings (SSSR count). The van der Waals surface area contributed by atoms with Gasteiger partial charge in [0.05, 0.1) is 38.1 Å². The van der Waals surface area contributed by atoms with Crippen molar-refractivity contribution >= 4 is 86.9 Å². The van der Waals surface area contributed by atoms with Gasteiger partial charge < -0.3 is 24.8 Å². The van der Waals surface area contributed by atoms with Crippen LogP contribution in [0.25, 0.3) is 11.0 Å². The van der Waals surface area contributed by atoms with Crippen molar-refractivity contribution in [1.29, 1.82) is 0 Å². The number of nitrogens with one attached hydrogen (secondary N) is 2. The molecule has 3 unspecified atom stereocenters. The number of para-hydroxylation sites is 2. The van der Waals surface area contributed by atoms with Crippen LogP contribution in [-0.2, 0) is 39.9 Å². The Kier molecular flexibility index (Phi) is 12.9. The summed E-state index contributed by atoms with van der Waals surface area (Å²) in [5, 5.41) is 13.3. The lowest BCUT2D eigenvalue weighted by molar-refractivity contribution is -0.132. The summed E-state index contributed by atoms with van der Waals surface area (Å²) in [5.74, 6) is -3.81. The van der Waals surface area contributed by atoms with Gasteiger partial charge in [0.1, 0.15) is 11.3 Å². The van der Waals surface area contributed by atoms with Crippen LogP contribution in [0, 0.1) is 0 Å². The lowest BCUT2D eigenvalue weighted by Crippen LogP contribution is -2.37. The second kappa shape index (κ2) is 17.8. The summed E-state index contributed by atoms with van der Waals surface area (Å²) in [6.45, 7) is 5.39. The Balaban J connectivity index is 0.000000522. The Labute approximate surface area is 329 Å². The van der Waals surface area contributed by atoms with Crippen molar-refractivity contribution in [1.82, 2.24) is 15.0 Å². The minimum atomic E-state index is -1.71. The van der Waals surface area contributed by atoms with Gasteiger partial charge in [-0.05, 0) is 80.9 Å². The number of hydrogen-bond acceptors (Lipinski definition) is 12. The summed E-state index contributed by atoms with van der Waals surface area (Å²) < 4.78 is 16.2. The summed E-state index contributed by atoms with van der Waals surface area (Å²) in [6, 6.07) is 20.6. The molecule has 4 aromatic carbocycles. The number of amides is 2. The number of Topliss-reactive ketones (excluding diaryl/α,β-unsaturated/α-hetero) is 2. The first-order chi connectivity index (χ1) is 26.6. The average Bonchev–Trinajstić information content (AvgIpc) is 3.57. The predicted octanol–water partition coefficient (Wildman–Crippen LogP) is 5.97. The maximum Gasteiger partial charge on any atom is 0.339 e. The number of nitrogens with zero attached hydrogens (tertiary/aromatic N) is 3. The summed E-state index contributed by atoms with van der Waals surface area (Å²) in [7, 11) is 0. The van der Waals surface area contributed by atoms with Gasteiger partial charge in [-0.15, -0.1) is 5.10 Å². The number of ether oxygens (including phenoxy) is 3. The van der Waals surface area contributed by atoms with Gasteiger partial charge in [0.2, 0.25) is 6.04 Å². The van der Waals surface area contributed by atoms with Crippen molar-refractivity contribution in [3.05, 3.63) is 112 Å². The van der Waals surface area contributed by atoms with Crippen molar-refractivity contribution in [2.24, 2.45) is 0 Å². The maximum absolute atomic E-state index is 13.9. The fourth-order valence-corrected chi connectivity index (χ4v) is 5.66. The van der Waals surface area contributed by atoms with Crippen molar-refractivity contribution < 1.29 is 47.8 Å². The molecule has 3 atom stereocenters. The fraction of sp³-hybridized carbons (Fsp3) is 0.205. The highest BCUT2D eigenvalue weighted by molar-refractivity contribution is 6.35. The minimum absolute atomic E-state index is 0.00627. The molecule has 17 heteroatoms. The number of aromatic nitrogens is 3. The fourth-order valence-electron chi connectivity index (χ4n) is 5.27. The van der Waals surface area contributed by atoms with Crippen LogP contribution in [0.1, 0.15) is 60.0 Å². The Morgan fingerprint density at radius 2 is 1.48 bits per heavy atom. The van der Waals surface area contributed by atoms with Crippen LogP contribution in [0.3, 0.4) is 0 Å². The van der Waals surface area contributed by atoms with E-state index in [1.54, 1.807) is 36.4 Å². The third-order valence-electron chi connectivity index (χ3n) is 8.22. The third-order valence-corrected chi connectivity index (χ3v) is 8.86. The predicted molar refractivity (Wildman–Crippen MR) is 204 cm³/mol. The number of carbonyl (C=O) groups excluding carboxylic acids is 7. The Hall–Kier alpha value is -6.45. The Morgan fingerprint density at radius 3 is 2.12 bits per heavy atom. The number of benzene rings is 4. The van der Waals surface area contributed by atoms with Crippen LogP contribution < -0.4 is 15.4 Å². The molecule has 0 aliphatic carbocycles. The second-order valence-electron chi connectivity index (χ2n) is 12.4. The molecular weight excluding hydrogens is 769 g/mol. The standard InChI is InChI=1S/C31H25Cl2N5O8.C8H8O2/c1-14(39)16(3)45-30(43)17-8-9-20(32)23(11-17)34-28(41)27(38-25-7-5-4-6-22(25)36-37-38)29(42)35-24-13-19-18(10-21(24)33)12-26(15(2)40)46-31(19)44;1-7(9)10-8-5-3-2-4-6-8/h4-11,13,16,26-27H,12H2,1-3H3,(H,34,41)(H,35,42);2-6H,1H3. The molecule has 1 aliphatic rings. The van der Waals surface area contributed by atoms with Gasteiger partial charge in [-0.3, -0.25) is 24.0 Å². The van der Waals surface area contributed by atoms with Gasteiger partial charge >= 0.3 is 17.9 Å². The van der Waals surface area contributed by atoms with Crippen LogP contribution in [0.5, 0.6) is 5.75 Å². The third kappa shape index (κ3) is 9.80. The van der Waals surface area contributed by atoms with E-state index in [0.717, 1.165) is 4.68 Å². The highest BCUT2D eigenvalue weighted by atomic mass is 35.5. The van der Waals surface area contributed by atoms with E-state index in [-0.39, 0.29) is 56.5 Å². The number of esters is 3. The molecule has 1 aliphatic heterocycles. The zero-order chi connectivity index (χ0) is 40.7. The smallest absolute Gasteiger partial charge is 0.339 e. The van der Waals surface area contributed by atoms with Crippen LogP contribution >= 0.6 is 23.2 Å². The van der Waals surface area contributed by atoms with Crippen LogP contribution in [0.4, 0.5) is 11.4 Å². The molecular formula is C39H33Cl2N5O10. The number of rotatable bonds is 10. The molecule has 2 heterocycles. The van der Waals surface area contributed by atoms with Crippen LogP contribution in [0.15, 0.2) is 84.9 Å². The van der Waals surface area contributed by atoms with E-state index < -0.39 is 42.0 Å². The largest absolute Gasteiger partial charge is 0.451 e. The van der Waals surface area contributed by atoms with Gasteiger partial charge in [-0.1, -0.05) is 58.7 Å². The Morgan fingerprint density at radius 1 is 0.839 bits per heavy atom. The average molecular weight is 803 g/mol. The molecule has 2 N–H and O–H groups in total. The summed E-state index contributed by atoms with van der Waals surface area (Å²) in [4.78, 5) is 86.7. The Bertz CT molecular complexity index is 2370. The minimum Gasteiger partial charge on any atom is -0.451 e. The van der Waals surface area contributed by atoms with E-state index in [1.165, 1.54) is 58.0 Å². The van der Waals surface area contributed by atoms with Crippen LogP contribution in [0.2, 0.25) is 10.0 Å². The van der Waals surface area contributed by atoms with E-state index in [4.69, 9.17) is 37.4 Å². The maximum atomic E-state index is 13.9. The van der Waals surface area contributed by atoms with Crippen molar-refractivity contribution in [3.63, 3.8) is 0 Å². The summed E-state index contributed by atoms with van der Waals surface area (Å²) in [6.07, 6.45) is -1.83. The number of hydrogen-bond donors (Lipinski definition) is 2. The monoisotopic (exact) mass is 801 g/mol. The molecule has 0 fully saturated rings. The summed E-state index contributed by atoms with van der Waals surface area (Å²) in [5.41, 5.74) is 1.24. The molecule has 0 spiro atoms. The summed E-state index contributed by atoms with van der Waals surface area (Å²) >= 11 is 12.8. The van der Waals surface area contributed by atoms with E-state index in [2.05, 4.69) is 20.9 Å². The number of carbonyl (C=O) groups is 7. The molecule has 1 aromatic heterocycles. The molecule has 5 aromatic rings. The van der Waals surface area contributed by atoms with Crippen molar-refractivity contribution in [3.8, 4) is 5.75 Å². The molecule has 288 valence electrons. The first-order valence-electron chi connectivity index (χ1n) is 16.8. The lowest BCUT2D eigenvalue weighted by Gasteiger charge is -2.24. The number of ketones is 2. The normalized spacial score (nSPS) is 14.1. The molecule has 2 amide bonds. The van der Waals surface area contributed by atoms with Crippen molar-refractivity contribution in [2.45, 2.75) is 52.4 Å². The van der Waals surface area contributed by atoms with Gasteiger partial charge in [0, 0.05) is 13.3 Å². The number of cyclic esters (lactones) is 1. The van der Waals surface area contributed by atoms with E-state index in [9.17, 15) is 33.6 Å². The number of halogens is 2. The SMILES string of the molecule is CC(=O)C(C)OC(=O)c1ccc(Cl)c(NC(=O)C(C(=O)Nc2cc3c(cc2Cl)CC(C(C)=O)OC3=O)n2nnc3ccccc32)c1.CC(=O)Oc1ccccc1. The topological polar surface area (TPSA) is 202 Å². The molecule has 0 radical (unpaired) electrons. The quantitative estimate of drug-likeness (QED) is 0.0953. The zero-order valence-corrected chi connectivity index (χ0v) is 31.7. The van der Waals surface area contributed by atoms with Crippen LogP contribution in [-0.4, -0.2) is 68.5 Å². The molecule has 0 bridgehead atoms. The van der Waals surface area contributed by atoms with E-state index >= 15 is 0 Å². The van der Waals surface area contributed by atoms with Gasteiger partial charge in [-0.2, -0.15) is 0 Å². The molecule has 56 heavy (non-hydrogen) atoms. The van der Waals surface area contributed by atoms with Crippen molar-refractivity contribution in [2.75, 3.05) is 10.6 Å². The molecule has 15 nitrogen and oxygen atoms in total. The highest BCUT2D eigenvalue weighted by Gasteiger charge is 2.34. The highest BCUT2D eigenvalue weighted by Crippen LogP contribution is 2.32. The molecule has 0 saturated carbocycles. The first-order valence-corrected chi connectivity index (χ1v) is 17.6. The van der Waals surface area contributed by atoms with Gasteiger partial charge in [0.25, 0.3) is 11.8 Å². The second-order valence-corrected chi connectivity index (χ2v) is 13.2. The van der Waals surface area contributed by atoms with E-state index in [1.807, 2.05) is 18.2 Å². The number of fused-ring (bicyclic) bond motifs is 2. The van der Waals surface area contributed by atoms with E-state index in [0.29, 0.717) is 22.3 Å². The van der Waals surface area contributed by atoms with Gasteiger partial charge in [0.15, 0.2) is 23.8 Å². The lowest BCUT2D eigenvalue weighted by atomic mass is 9.96. The number of anilines is 2.